The second-order valence-electron chi connectivity index (χ2n) is 5.75. The first-order valence-electron chi connectivity index (χ1n) is 7.07. The van der Waals surface area contributed by atoms with Gasteiger partial charge in [-0.3, -0.25) is 0 Å². The van der Waals surface area contributed by atoms with Crippen LogP contribution in [0.15, 0.2) is 23.4 Å². The Hall–Kier alpha value is -1.42. The Morgan fingerprint density at radius 1 is 1.50 bits per heavy atom. The van der Waals surface area contributed by atoms with Crippen molar-refractivity contribution in [2.24, 2.45) is 16.8 Å². The molecule has 1 aliphatic rings. The van der Waals surface area contributed by atoms with E-state index in [1.807, 2.05) is 12.1 Å². The lowest BCUT2D eigenvalue weighted by Gasteiger charge is -2.27. The number of halogens is 1. The van der Waals surface area contributed by atoms with Gasteiger partial charge in [-0.25, -0.2) is 0 Å². The van der Waals surface area contributed by atoms with Crippen molar-refractivity contribution in [2.75, 3.05) is 11.4 Å². The Bertz CT molecular complexity index is 498. The van der Waals surface area contributed by atoms with Crippen molar-refractivity contribution in [1.82, 2.24) is 0 Å². The first kappa shape index (κ1) is 15.0. The third-order valence-corrected chi connectivity index (χ3v) is 3.82. The van der Waals surface area contributed by atoms with Gasteiger partial charge in [0.2, 0.25) is 0 Å². The molecule has 5 heteroatoms. The number of hydrogen-bond acceptors (Lipinski definition) is 3. The highest BCUT2D eigenvalue weighted by molar-refractivity contribution is 6.31. The zero-order chi connectivity index (χ0) is 14.7. The van der Waals surface area contributed by atoms with Gasteiger partial charge in [0.15, 0.2) is 5.84 Å². The number of amidine groups is 1. The molecule has 1 aliphatic carbocycles. The van der Waals surface area contributed by atoms with E-state index in [4.69, 9.17) is 22.5 Å². The van der Waals surface area contributed by atoms with Crippen LogP contribution in [0.4, 0.5) is 5.69 Å². The summed E-state index contributed by atoms with van der Waals surface area (Å²) in [4.78, 5) is 2.36. The molecule has 0 atom stereocenters. The molecule has 2 rings (SSSR count). The fourth-order valence-electron chi connectivity index (χ4n) is 2.30. The Kier molecular flexibility index (Phi) is 4.76. The van der Waals surface area contributed by atoms with Crippen LogP contribution in [0.1, 0.15) is 38.7 Å². The molecule has 1 aromatic carbocycles. The lowest BCUT2D eigenvalue weighted by Crippen LogP contribution is -2.30. The van der Waals surface area contributed by atoms with Crippen LogP contribution < -0.4 is 10.6 Å². The second kappa shape index (κ2) is 6.35. The summed E-state index contributed by atoms with van der Waals surface area (Å²) in [5.41, 5.74) is 7.50. The van der Waals surface area contributed by atoms with Crippen LogP contribution in [0.5, 0.6) is 0 Å². The fraction of sp³-hybridized carbons (Fsp3) is 0.533. The van der Waals surface area contributed by atoms with Gasteiger partial charge < -0.3 is 15.8 Å². The minimum atomic E-state index is 0.109. The Morgan fingerprint density at radius 2 is 2.20 bits per heavy atom. The maximum Gasteiger partial charge on any atom is 0.172 e. The van der Waals surface area contributed by atoms with Crippen molar-refractivity contribution in [3.8, 4) is 0 Å². The lowest BCUT2D eigenvalue weighted by atomic mass is 10.1. The van der Waals surface area contributed by atoms with E-state index >= 15 is 0 Å². The minimum absolute atomic E-state index is 0.109. The minimum Gasteiger partial charge on any atom is -0.409 e. The monoisotopic (exact) mass is 295 g/mol. The van der Waals surface area contributed by atoms with Crippen LogP contribution in [-0.2, 0) is 0 Å². The van der Waals surface area contributed by atoms with Crippen molar-refractivity contribution in [2.45, 2.75) is 39.2 Å². The third-order valence-electron chi connectivity index (χ3n) is 3.59. The first-order valence-corrected chi connectivity index (χ1v) is 7.44. The molecule has 1 saturated carbocycles. The quantitative estimate of drug-likeness (QED) is 0.366. The Labute approximate surface area is 125 Å². The largest absolute Gasteiger partial charge is 0.409 e. The van der Waals surface area contributed by atoms with Crippen LogP contribution in [-0.4, -0.2) is 23.6 Å². The zero-order valence-corrected chi connectivity index (χ0v) is 12.8. The predicted octanol–water partition coefficient (Wildman–Crippen LogP) is 3.45. The van der Waals surface area contributed by atoms with Gasteiger partial charge in [0.25, 0.3) is 0 Å². The molecule has 0 bridgehead atoms. The van der Waals surface area contributed by atoms with E-state index < -0.39 is 0 Å². The van der Waals surface area contributed by atoms with Gasteiger partial charge in [-0.1, -0.05) is 30.6 Å². The van der Waals surface area contributed by atoms with E-state index in [0.29, 0.717) is 22.5 Å². The molecule has 0 amide bonds. The van der Waals surface area contributed by atoms with E-state index in [0.717, 1.165) is 18.7 Å². The van der Waals surface area contributed by atoms with Gasteiger partial charge in [-0.2, -0.15) is 0 Å². The molecule has 110 valence electrons. The van der Waals surface area contributed by atoms with E-state index in [2.05, 4.69) is 23.9 Å². The van der Waals surface area contributed by atoms with Crippen LogP contribution in [0.3, 0.4) is 0 Å². The molecule has 0 aromatic heterocycles. The molecular weight excluding hydrogens is 274 g/mol. The van der Waals surface area contributed by atoms with Gasteiger partial charge >= 0.3 is 0 Å². The molecule has 4 nitrogen and oxygen atoms in total. The number of oxime groups is 1. The Morgan fingerprint density at radius 3 is 2.75 bits per heavy atom. The summed E-state index contributed by atoms with van der Waals surface area (Å²) in [5, 5.41) is 12.7. The molecule has 0 spiro atoms. The van der Waals surface area contributed by atoms with Crippen LogP contribution in [0.2, 0.25) is 5.02 Å². The molecule has 0 radical (unpaired) electrons. The number of anilines is 1. The lowest BCUT2D eigenvalue weighted by molar-refractivity contribution is 0.318. The maximum atomic E-state index is 8.96. The van der Waals surface area contributed by atoms with Gasteiger partial charge in [-0.05, 0) is 43.4 Å². The second-order valence-corrected chi connectivity index (χ2v) is 6.19. The maximum absolute atomic E-state index is 8.96. The van der Waals surface area contributed by atoms with Crippen LogP contribution in [0, 0.1) is 5.92 Å². The summed E-state index contributed by atoms with van der Waals surface area (Å²) in [6.45, 7) is 5.42. The van der Waals surface area contributed by atoms with Crippen molar-refractivity contribution in [3.63, 3.8) is 0 Å². The molecule has 3 N–H and O–H groups in total. The van der Waals surface area contributed by atoms with Crippen molar-refractivity contribution < 1.29 is 5.21 Å². The van der Waals surface area contributed by atoms with E-state index in [1.54, 1.807) is 6.07 Å². The summed E-state index contributed by atoms with van der Waals surface area (Å²) >= 11 is 6.03. The highest BCUT2D eigenvalue weighted by Gasteiger charge is 2.30. The average Bonchev–Trinajstić information content (AvgIpc) is 3.23. The molecule has 0 heterocycles. The van der Waals surface area contributed by atoms with Gasteiger partial charge in [-0.15, -0.1) is 0 Å². The zero-order valence-electron chi connectivity index (χ0n) is 12.0. The van der Waals surface area contributed by atoms with Gasteiger partial charge in [0, 0.05) is 28.9 Å². The molecule has 0 unspecified atom stereocenters. The Balaban J connectivity index is 2.32. The summed E-state index contributed by atoms with van der Waals surface area (Å²) in [6.07, 6.45) is 3.53. The van der Waals surface area contributed by atoms with Crippen molar-refractivity contribution in [1.29, 1.82) is 0 Å². The first-order chi connectivity index (χ1) is 9.52. The summed E-state index contributed by atoms with van der Waals surface area (Å²) in [7, 11) is 0. The smallest absolute Gasteiger partial charge is 0.172 e. The van der Waals surface area contributed by atoms with E-state index in [1.165, 1.54) is 12.8 Å². The number of hydrogen-bond donors (Lipinski definition) is 2. The number of rotatable bonds is 6. The van der Waals surface area contributed by atoms with Gasteiger partial charge in [0.1, 0.15) is 0 Å². The SMILES string of the molecule is CC(C)CCN(c1ccc(Cl)cc1/C(N)=N/O)C1CC1. The molecule has 0 saturated heterocycles. The summed E-state index contributed by atoms with van der Waals surface area (Å²) < 4.78 is 0. The third kappa shape index (κ3) is 3.57. The van der Waals surface area contributed by atoms with Crippen LogP contribution >= 0.6 is 11.6 Å². The topological polar surface area (TPSA) is 61.8 Å². The molecule has 1 fully saturated rings. The van der Waals surface area contributed by atoms with E-state index in [9.17, 15) is 0 Å². The molecular formula is C15H22ClN3O. The summed E-state index contributed by atoms with van der Waals surface area (Å²) in [5.74, 6) is 0.758. The summed E-state index contributed by atoms with van der Waals surface area (Å²) in [6, 6.07) is 6.15. The molecule has 1 aromatic rings. The molecule has 0 aliphatic heterocycles. The van der Waals surface area contributed by atoms with Crippen LogP contribution in [0.25, 0.3) is 0 Å². The molecule has 20 heavy (non-hydrogen) atoms. The fourth-order valence-corrected chi connectivity index (χ4v) is 2.47. The van der Waals surface area contributed by atoms with Gasteiger partial charge in [0.05, 0.1) is 0 Å². The standard InChI is InChI=1S/C15H22ClN3O/c1-10(2)7-8-19(12-4-5-12)14-6-3-11(16)9-13(14)15(17)18-20/h3,6,9-10,12,20H,4-5,7-8H2,1-2H3,(H2,17,18). The number of nitrogens with two attached hydrogens (primary N) is 1. The van der Waals surface area contributed by atoms with E-state index in [-0.39, 0.29) is 5.84 Å². The highest BCUT2D eigenvalue weighted by Crippen LogP contribution is 2.35. The van der Waals surface area contributed by atoms with Crippen molar-refractivity contribution >= 4 is 23.1 Å². The number of nitrogens with zero attached hydrogens (tertiary/aromatic N) is 2. The predicted molar refractivity (Wildman–Crippen MR) is 83.8 cm³/mol. The number of benzene rings is 1. The average molecular weight is 296 g/mol. The van der Waals surface area contributed by atoms with Crippen molar-refractivity contribution in [3.05, 3.63) is 28.8 Å². The normalized spacial score (nSPS) is 15.7. The highest BCUT2D eigenvalue weighted by atomic mass is 35.5.